The van der Waals surface area contributed by atoms with Gasteiger partial charge in [0.1, 0.15) is 28.3 Å². The first-order valence-electron chi connectivity index (χ1n) is 12.3. The van der Waals surface area contributed by atoms with E-state index in [1.165, 1.54) is 38.4 Å². The Labute approximate surface area is 226 Å². The Balaban J connectivity index is 1.87. The minimum absolute atomic E-state index is 0.169. The number of aryl methyl sites for hydroxylation is 3. The van der Waals surface area contributed by atoms with Crippen LogP contribution < -0.4 is 26.3 Å². The molecule has 3 aromatic carbocycles. The summed E-state index contributed by atoms with van der Waals surface area (Å²) in [6, 6.07) is 16.3. The van der Waals surface area contributed by atoms with E-state index >= 15 is 4.39 Å². The molecule has 40 heavy (non-hydrogen) atoms. The van der Waals surface area contributed by atoms with Crippen LogP contribution in [0.1, 0.15) is 16.7 Å². The number of ether oxygens (including phenoxy) is 2. The number of rotatable bonds is 6. The molecule has 0 radical (unpaired) electrons. The van der Waals surface area contributed by atoms with Crippen molar-refractivity contribution in [3.63, 3.8) is 0 Å². The number of hydrogen-bond acceptors (Lipinski definition) is 5. The molecule has 0 aliphatic heterocycles. The van der Waals surface area contributed by atoms with Gasteiger partial charge in [-0.1, -0.05) is 24.3 Å². The average molecular weight is 546 g/mol. The molecule has 2 aromatic heterocycles. The predicted molar refractivity (Wildman–Crippen MR) is 147 cm³/mol. The van der Waals surface area contributed by atoms with Crippen molar-refractivity contribution in [2.24, 2.45) is 7.05 Å². The van der Waals surface area contributed by atoms with Crippen LogP contribution in [0.15, 0.2) is 81.1 Å². The molecule has 8 nitrogen and oxygen atoms in total. The predicted octanol–water partition coefficient (Wildman–Crippen LogP) is 4.60. The molecule has 0 fully saturated rings. The Morgan fingerprint density at radius 1 is 0.800 bits per heavy atom. The number of benzene rings is 3. The maximum Gasteiger partial charge on any atom is 0.337 e. The van der Waals surface area contributed by atoms with Crippen LogP contribution in [0, 0.1) is 25.5 Å². The lowest BCUT2D eigenvalue weighted by Gasteiger charge is -2.19. The van der Waals surface area contributed by atoms with E-state index in [2.05, 4.69) is 0 Å². The highest BCUT2D eigenvalue weighted by atomic mass is 19.1. The number of pyridine rings is 1. The van der Waals surface area contributed by atoms with E-state index < -0.39 is 28.4 Å². The summed E-state index contributed by atoms with van der Waals surface area (Å²) in [6.07, 6.45) is 0. The minimum atomic E-state index is -0.871. The summed E-state index contributed by atoms with van der Waals surface area (Å²) >= 11 is 0. The summed E-state index contributed by atoms with van der Waals surface area (Å²) < 4.78 is 44.0. The smallest absolute Gasteiger partial charge is 0.337 e. The third-order valence-electron chi connectivity index (χ3n) is 6.62. The molecule has 204 valence electrons. The fourth-order valence-corrected chi connectivity index (χ4v) is 4.51. The van der Waals surface area contributed by atoms with Crippen LogP contribution in [-0.2, 0) is 13.6 Å². The molecule has 0 saturated carbocycles. The van der Waals surface area contributed by atoms with Crippen molar-refractivity contribution in [2.75, 3.05) is 7.11 Å². The van der Waals surface area contributed by atoms with Gasteiger partial charge >= 0.3 is 5.69 Å². The Hall–Kier alpha value is -4.99. The molecule has 0 amide bonds. The summed E-state index contributed by atoms with van der Waals surface area (Å²) in [5.41, 5.74) is -0.837. The minimum Gasteiger partial charge on any atom is -0.497 e. The summed E-state index contributed by atoms with van der Waals surface area (Å²) in [5.74, 6) is -1.35. The van der Waals surface area contributed by atoms with Crippen LogP contribution in [0.5, 0.6) is 17.2 Å². The average Bonchev–Trinajstić information content (AvgIpc) is 2.92. The van der Waals surface area contributed by atoms with Crippen molar-refractivity contribution in [1.29, 1.82) is 0 Å². The molecule has 0 aliphatic rings. The van der Waals surface area contributed by atoms with E-state index in [1.807, 2.05) is 0 Å². The van der Waals surface area contributed by atoms with Crippen molar-refractivity contribution >= 4 is 11.0 Å². The summed E-state index contributed by atoms with van der Waals surface area (Å²) in [4.78, 5) is 40.9. The van der Waals surface area contributed by atoms with E-state index in [1.54, 1.807) is 50.2 Å². The van der Waals surface area contributed by atoms with Gasteiger partial charge in [0, 0.05) is 13.1 Å². The van der Waals surface area contributed by atoms with E-state index in [0.717, 1.165) is 19.8 Å². The van der Waals surface area contributed by atoms with Crippen molar-refractivity contribution < 1.29 is 18.3 Å². The summed E-state index contributed by atoms with van der Waals surface area (Å²) in [7, 11) is 2.87. The van der Waals surface area contributed by atoms with Gasteiger partial charge in [0.2, 0.25) is 0 Å². The van der Waals surface area contributed by atoms with Crippen molar-refractivity contribution in [2.45, 2.75) is 20.4 Å². The lowest BCUT2D eigenvalue weighted by Crippen LogP contribution is -2.42. The highest BCUT2D eigenvalue weighted by molar-refractivity contribution is 5.83. The van der Waals surface area contributed by atoms with Crippen molar-refractivity contribution in [1.82, 2.24) is 13.7 Å². The molecule has 10 heteroatoms. The van der Waals surface area contributed by atoms with Crippen LogP contribution >= 0.6 is 0 Å². The second kappa shape index (κ2) is 10.3. The molecular weight excluding hydrogens is 520 g/mol. The van der Waals surface area contributed by atoms with Crippen LogP contribution in [0.3, 0.4) is 0 Å². The van der Waals surface area contributed by atoms with Crippen molar-refractivity contribution in [3.05, 3.63) is 126 Å². The Bertz CT molecular complexity index is 1960. The monoisotopic (exact) mass is 545 g/mol. The van der Waals surface area contributed by atoms with Crippen molar-refractivity contribution in [3.8, 4) is 22.9 Å². The van der Waals surface area contributed by atoms with E-state index in [4.69, 9.17) is 9.47 Å². The maximum absolute atomic E-state index is 15.3. The Morgan fingerprint density at radius 3 is 2.08 bits per heavy atom. The molecule has 0 spiro atoms. The molecule has 0 bridgehead atoms. The van der Waals surface area contributed by atoms with Gasteiger partial charge in [-0.2, -0.15) is 0 Å². The van der Waals surface area contributed by atoms with Crippen LogP contribution in [0.25, 0.3) is 16.7 Å². The Morgan fingerprint density at radius 2 is 1.45 bits per heavy atom. The highest BCUT2D eigenvalue weighted by Gasteiger charge is 2.24. The first kappa shape index (κ1) is 26.6. The second-order valence-corrected chi connectivity index (χ2v) is 9.45. The van der Waals surface area contributed by atoms with Gasteiger partial charge in [0.15, 0.2) is 11.6 Å². The zero-order chi connectivity index (χ0) is 28.7. The maximum atomic E-state index is 15.3. The van der Waals surface area contributed by atoms with Gasteiger partial charge in [-0.05, 0) is 66.9 Å². The molecule has 2 heterocycles. The molecule has 0 unspecified atom stereocenters. The number of aromatic nitrogens is 3. The third-order valence-corrected chi connectivity index (χ3v) is 6.62. The van der Waals surface area contributed by atoms with E-state index in [9.17, 15) is 18.8 Å². The molecule has 0 N–H and O–H groups in total. The van der Waals surface area contributed by atoms with Gasteiger partial charge in [0.25, 0.3) is 11.1 Å². The highest BCUT2D eigenvalue weighted by Crippen LogP contribution is 2.29. The number of fused-ring (bicyclic) bond motifs is 1. The summed E-state index contributed by atoms with van der Waals surface area (Å²) in [6.45, 7) is 3.22. The number of hydrogen-bond donors (Lipinski definition) is 0. The van der Waals surface area contributed by atoms with Crippen LogP contribution in [-0.4, -0.2) is 20.8 Å². The fraction of sp³-hybridized carbons (Fsp3) is 0.167. The van der Waals surface area contributed by atoms with E-state index in [-0.39, 0.29) is 34.8 Å². The standard InChI is InChI=1S/C30H25F2N3O5/c1-17-5-11-23(21(31)13-17)35-28-27(29(37)34(30(35)38)16-19-7-9-20(39-4)10-8-19)25(15-26(36)33(28)3)40-24-12-6-18(2)14-22(24)32/h5-15H,16H2,1-4H3. The van der Waals surface area contributed by atoms with Crippen LogP contribution in [0.4, 0.5) is 8.78 Å². The third kappa shape index (κ3) is 4.68. The lowest BCUT2D eigenvalue weighted by molar-refractivity contribution is 0.414. The van der Waals surface area contributed by atoms with Crippen LogP contribution in [0.2, 0.25) is 0 Å². The first-order valence-corrected chi connectivity index (χ1v) is 12.3. The van der Waals surface area contributed by atoms with Gasteiger partial charge in [0.05, 0.1) is 19.3 Å². The molecule has 5 rings (SSSR count). The molecule has 0 aliphatic carbocycles. The zero-order valence-corrected chi connectivity index (χ0v) is 22.2. The first-order chi connectivity index (χ1) is 19.1. The van der Waals surface area contributed by atoms with E-state index in [0.29, 0.717) is 22.4 Å². The molecule has 0 saturated heterocycles. The fourth-order valence-electron chi connectivity index (χ4n) is 4.51. The second-order valence-electron chi connectivity index (χ2n) is 9.45. The molecular formula is C30H25F2N3O5. The molecule has 5 aromatic rings. The van der Waals surface area contributed by atoms with Gasteiger partial charge in [-0.3, -0.25) is 18.7 Å². The quantitative estimate of drug-likeness (QED) is 0.312. The normalized spacial score (nSPS) is 11.2. The number of methoxy groups -OCH3 is 1. The molecule has 0 atom stereocenters. The SMILES string of the molecule is COc1ccc(Cn2c(=O)c3c(Oc4ccc(C)cc4F)cc(=O)n(C)c3n(-c3ccc(C)cc3F)c2=O)cc1. The lowest BCUT2D eigenvalue weighted by atomic mass is 10.2. The largest absolute Gasteiger partial charge is 0.497 e. The summed E-state index contributed by atoms with van der Waals surface area (Å²) in [5, 5.41) is -0.199. The Kier molecular flexibility index (Phi) is 6.85. The van der Waals surface area contributed by atoms with Gasteiger partial charge in [-0.15, -0.1) is 0 Å². The van der Waals surface area contributed by atoms with Gasteiger partial charge in [-0.25, -0.2) is 18.1 Å². The van der Waals surface area contributed by atoms with Gasteiger partial charge < -0.3 is 9.47 Å². The topological polar surface area (TPSA) is 84.5 Å². The number of nitrogens with zero attached hydrogens (tertiary/aromatic N) is 3. The zero-order valence-electron chi connectivity index (χ0n) is 22.2. The number of halogens is 2.